The van der Waals surface area contributed by atoms with Crippen LogP contribution < -0.4 is 20.3 Å². The summed E-state index contributed by atoms with van der Waals surface area (Å²) in [6.45, 7) is 2.43. The Morgan fingerprint density at radius 2 is 1.91 bits per heavy atom. The van der Waals surface area contributed by atoms with E-state index in [9.17, 15) is 9.59 Å². The Hall–Kier alpha value is -3.56. The molecule has 0 fully saturated rings. The van der Waals surface area contributed by atoms with Gasteiger partial charge in [0.15, 0.2) is 11.5 Å². The largest absolute Gasteiger partial charge is 0.485 e. The monoisotopic (exact) mass is 482 g/mol. The Bertz CT molecular complexity index is 1370. The second-order valence-corrected chi connectivity index (χ2v) is 8.91. The number of aryl methyl sites for hydroxylation is 1. The standard InChI is InChI=1S/C23H19ClN4O4S/c1-13-15-10-20(33-23(15)28(27-13)11-14-6-2-3-7-16(14)24)22(30)26-25-21(29)19-12-31-17-8-4-5-9-18(17)32-19/h2-10,19H,11-12H2,1H3,(H,25,29)(H,26,30)/t19-/m1/s1. The van der Waals surface area contributed by atoms with Crippen molar-refractivity contribution < 1.29 is 19.1 Å². The van der Waals surface area contributed by atoms with Crippen molar-refractivity contribution >= 4 is 45.0 Å². The molecule has 0 bridgehead atoms. The summed E-state index contributed by atoms with van der Waals surface area (Å²) in [5.41, 5.74) is 6.62. The van der Waals surface area contributed by atoms with Crippen molar-refractivity contribution in [1.29, 1.82) is 0 Å². The molecule has 0 aliphatic carbocycles. The van der Waals surface area contributed by atoms with Crippen LogP contribution in [0.1, 0.15) is 20.9 Å². The highest BCUT2D eigenvalue weighted by molar-refractivity contribution is 7.20. The van der Waals surface area contributed by atoms with Crippen LogP contribution in [-0.4, -0.2) is 34.3 Å². The molecule has 0 saturated carbocycles. The van der Waals surface area contributed by atoms with Crippen LogP contribution >= 0.6 is 22.9 Å². The third kappa shape index (κ3) is 4.24. The van der Waals surface area contributed by atoms with E-state index in [0.29, 0.717) is 27.9 Å². The molecule has 1 aliphatic rings. The molecule has 168 valence electrons. The number of carbonyl (C=O) groups excluding carboxylic acids is 2. The predicted molar refractivity (Wildman–Crippen MR) is 125 cm³/mol. The van der Waals surface area contributed by atoms with Gasteiger partial charge in [0.05, 0.1) is 17.1 Å². The van der Waals surface area contributed by atoms with Gasteiger partial charge < -0.3 is 9.47 Å². The van der Waals surface area contributed by atoms with Crippen LogP contribution in [0, 0.1) is 6.92 Å². The zero-order valence-corrected chi connectivity index (χ0v) is 19.1. The number of rotatable bonds is 4. The molecule has 0 unspecified atom stereocenters. The highest BCUT2D eigenvalue weighted by Crippen LogP contribution is 2.31. The third-order valence-corrected chi connectivity index (χ3v) is 6.73. The van der Waals surface area contributed by atoms with E-state index >= 15 is 0 Å². The molecule has 0 radical (unpaired) electrons. The van der Waals surface area contributed by atoms with E-state index in [1.54, 1.807) is 24.3 Å². The number of hydrogen-bond acceptors (Lipinski definition) is 6. The van der Waals surface area contributed by atoms with Crippen LogP contribution in [0.3, 0.4) is 0 Å². The van der Waals surface area contributed by atoms with E-state index in [1.807, 2.05) is 41.9 Å². The first-order chi connectivity index (χ1) is 16.0. The fourth-order valence-electron chi connectivity index (χ4n) is 3.53. The number of ether oxygens (including phenoxy) is 2. The number of aromatic nitrogens is 2. The van der Waals surface area contributed by atoms with E-state index in [2.05, 4.69) is 16.0 Å². The number of benzene rings is 2. The summed E-state index contributed by atoms with van der Waals surface area (Å²) >= 11 is 7.58. The molecule has 2 amide bonds. The minimum absolute atomic E-state index is 0.0542. The van der Waals surface area contributed by atoms with Crippen LogP contribution in [0.2, 0.25) is 5.02 Å². The first-order valence-electron chi connectivity index (χ1n) is 10.2. The second-order valence-electron chi connectivity index (χ2n) is 7.47. The van der Waals surface area contributed by atoms with Crippen molar-refractivity contribution in [3.8, 4) is 11.5 Å². The summed E-state index contributed by atoms with van der Waals surface area (Å²) in [4.78, 5) is 26.5. The third-order valence-electron chi connectivity index (χ3n) is 5.21. The van der Waals surface area contributed by atoms with Gasteiger partial charge in [0.1, 0.15) is 11.4 Å². The van der Waals surface area contributed by atoms with E-state index in [4.69, 9.17) is 21.1 Å². The Labute approximate surface area is 198 Å². The summed E-state index contributed by atoms with van der Waals surface area (Å²) in [5.74, 6) is 0.140. The summed E-state index contributed by atoms with van der Waals surface area (Å²) in [6, 6.07) is 16.4. The lowest BCUT2D eigenvalue weighted by atomic mass is 10.2. The van der Waals surface area contributed by atoms with Crippen LogP contribution in [0.5, 0.6) is 11.5 Å². The van der Waals surface area contributed by atoms with Crippen molar-refractivity contribution in [2.45, 2.75) is 19.6 Å². The molecule has 2 N–H and O–H groups in total. The molecule has 1 atom stereocenters. The minimum atomic E-state index is -0.867. The number of nitrogens with one attached hydrogen (secondary N) is 2. The van der Waals surface area contributed by atoms with Gasteiger partial charge in [0.2, 0.25) is 6.10 Å². The van der Waals surface area contributed by atoms with Crippen molar-refractivity contribution in [3.05, 3.63) is 75.8 Å². The Balaban J connectivity index is 1.26. The van der Waals surface area contributed by atoms with Gasteiger partial charge in [-0.1, -0.05) is 41.9 Å². The fourth-order valence-corrected chi connectivity index (χ4v) is 4.78. The van der Waals surface area contributed by atoms with Crippen molar-refractivity contribution in [2.75, 3.05) is 6.61 Å². The van der Waals surface area contributed by atoms with Gasteiger partial charge in [-0.2, -0.15) is 5.10 Å². The molecular weight excluding hydrogens is 464 g/mol. The number of amides is 2. The number of carbonyl (C=O) groups is 2. The molecule has 0 spiro atoms. The van der Waals surface area contributed by atoms with E-state index < -0.39 is 17.9 Å². The number of hydrogen-bond donors (Lipinski definition) is 2. The van der Waals surface area contributed by atoms with Crippen molar-refractivity contribution in [2.24, 2.45) is 0 Å². The van der Waals surface area contributed by atoms with E-state index in [-0.39, 0.29) is 6.61 Å². The number of thiophene rings is 1. The summed E-state index contributed by atoms with van der Waals surface area (Å²) in [6.07, 6.45) is -0.867. The highest BCUT2D eigenvalue weighted by Gasteiger charge is 2.28. The smallest absolute Gasteiger partial charge is 0.283 e. The first kappa shape index (κ1) is 21.3. The lowest BCUT2D eigenvalue weighted by molar-refractivity contribution is -0.131. The molecular formula is C23H19ClN4O4S. The van der Waals surface area contributed by atoms with Gasteiger partial charge >= 0.3 is 0 Å². The average molecular weight is 483 g/mol. The summed E-state index contributed by atoms with van der Waals surface area (Å²) in [7, 11) is 0. The van der Waals surface area contributed by atoms with Crippen LogP contribution in [0.25, 0.3) is 10.2 Å². The maximum absolute atomic E-state index is 12.7. The lowest BCUT2D eigenvalue weighted by Gasteiger charge is -2.25. The summed E-state index contributed by atoms with van der Waals surface area (Å²) in [5, 5.41) is 6.12. The number of halogens is 1. The topological polar surface area (TPSA) is 94.5 Å². The number of hydrazine groups is 1. The quantitative estimate of drug-likeness (QED) is 0.432. The maximum Gasteiger partial charge on any atom is 0.283 e. The second kappa shape index (κ2) is 8.76. The SMILES string of the molecule is Cc1nn(Cc2ccccc2Cl)c2sc(C(=O)NNC(=O)[C@H]3COc4ccccc4O3)cc12. The molecule has 5 rings (SSSR count). The normalized spacial score (nSPS) is 14.8. The zero-order chi connectivity index (χ0) is 22.9. The molecule has 10 heteroatoms. The number of nitrogens with zero attached hydrogens (tertiary/aromatic N) is 2. The molecule has 8 nitrogen and oxygen atoms in total. The van der Waals surface area contributed by atoms with Crippen LogP contribution in [-0.2, 0) is 11.3 Å². The summed E-state index contributed by atoms with van der Waals surface area (Å²) < 4.78 is 13.0. The van der Waals surface area contributed by atoms with Gasteiger partial charge in [0, 0.05) is 10.4 Å². The Morgan fingerprint density at radius 3 is 2.73 bits per heavy atom. The van der Waals surface area contributed by atoms with Crippen LogP contribution in [0.15, 0.2) is 54.6 Å². The van der Waals surface area contributed by atoms with Crippen molar-refractivity contribution in [3.63, 3.8) is 0 Å². The first-order valence-corrected chi connectivity index (χ1v) is 11.4. The highest BCUT2D eigenvalue weighted by atomic mass is 35.5. The molecule has 33 heavy (non-hydrogen) atoms. The average Bonchev–Trinajstić information content (AvgIpc) is 3.39. The number of para-hydroxylation sites is 2. The van der Waals surface area contributed by atoms with Gasteiger partial charge in [-0.3, -0.25) is 25.1 Å². The zero-order valence-electron chi connectivity index (χ0n) is 17.5. The molecule has 3 heterocycles. The Kier molecular flexibility index (Phi) is 5.65. The van der Waals surface area contributed by atoms with Crippen molar-refractivity contribution in [1.82, 2.24) is 20.6 Å². The Morgan fingerprint density at radius 1 is 1.15 bits per heavy atom. The molecule has 4 aromatic rings. The van der Waals surface area contributed by atoms with E-state index in [1.165, 1.54) is 11.3 Å². The lowest BCUT2D eigenvalue weighted by Crippen LogP contribution is -2.50. The molecule has 0 saturated heterocycles. The molecule has 2 aromatic heterocycles. The maximum atomic E-state index is 12.7. The van der Waals surface area contributed by atoms with Gasteiger partial charge in [-0.15, -0.1) is 11.3 Å². The predicted octanol–water partition coefficient (Wildman–Crippen LogP) is 3.71. The van der Waals surface area contributed by atoms with Gasteiger partial charge in [0.25, 0.3) is 11.8 Å². The molecule has 2 aromatic carbocycles. The molecule has 1 aliphatic heterocycles. The minimum Gasteiger partial charge on any atom is -0.485 e. The van der Waals surface area contributed by atoms with E-state index in [0.717, 1.165) is 21.5 Å². The fraction of sp³-hybridized carbons (Fsp3) is 0.174. The van der Waals surface area contributed by atoms with Gasteiger partial charge in [-0.05, 0) is 36.8 Å². The number of fused-ring (bicyclic) bond motifs is 2. The van der Waals surface area contributed by atoms with Gasteiger partial charge in [-0.25, -0.2) is 0 Å². The van der Waals surface area contributed by atoms with Crippen LogP contribution in [0.4, 0.5) is 0 Å².